The molecule has 0 aromatic heterocycles. The van der Waals surface area contributed by atoms with E-state index in [0.717, 1.165) is 22.4 Å². The molecule has 0 aliphatic rings. The topological polar surface area (TPSA) is 67.9 Å². The summed E-state index contributed by atoms with van der Waals surface area (Å²) in [5.41, 5.74) is 4.01. The van der Waals surface area contributed by atoms with Crippen LogP contribution in [0.5, 0.6) is 11.5 Å². The van der Waals surface area contributed by atoms with Crippen molar-refractivity contribution < 1.29 is 19.1 Å². The minimum Gasteiger partial charge on any atom is -0.493 e. The number of nitrogens with zero attached hydrogens (tertiary/aromatic N) is 1. The van der Waals surface area contributed by atoms with Gasteiger partial charge in [0.25, 0.3) is 0 Å². The smallest absolute Gasteiger partial charge is 0.223 e. The van der Waals surface area contributed by atoms with E-state index in [1.807, 2.05) is 50.2 Å². The summed E-state index contributed by atoms with van der Waals surface area (Å²) in [5, 5.41) is 2.90. The number of hydrogen-bond acceptors (Lipinski definition) is 4. The van der Waals surface area contributed by atoms with Gasteiger partial charge in [-0.15, -0.1) is 0 Å². The second-order valence-electron chi connectivity index (χ2n) is 7.00. The van der Waals surface area contributed by atoms with Crippen LogP contribution in [0.2, 0.25) is 0 Å². The maximum Gasteiger partial charge on any atom is 0.223 e. The number of benzene rings is 2. The Balaban J connectivity index is 1.88. The van der Waals surface area contributed by atoms with Gasteiger partial charge in [-0.3, -0.25) is 9.59 Å². The Morgan fingerprint density at radius 2 is 1.72 bits per heavy atom. The Morgan fingerprint density at radius 1 is 1.00 bits per heavy atom. The van der Waals surface area contributed by atoms with Crippen molar-refractivity contribution in [2.45, 2.75) is 33.6 Å². The fourth-order valence-electron chi connectivity index (χ4n) is 3.15. The van der Waals surface area contributed by atoms with Crippen LogP contribution >= 0.6 is 0 Å². The maximum atomic E-state index is 12.2. The second kappa shape index (κ2) is 10.5. The predicted molar refractivity (Wildman–Crippen MR) is 115 cm³/mol. The number of rotatable bonds is 9. The van der Waals surface area contributed by atoms with Crippen molar-refractivity contribution in [3.05, 3.63) is 53.1 Å². The minimum atomic E-state index is -0.0516. The van der Waals surface area contributed by atoms with E-state index in [9.17, 15) is 9.59 Å². The summed E-state index contributed by atoms with van der Waals surface area (Å²) in [6.45, 7) is 6.35. The number of carbonyl (C=O) groups is 2. The third-order valence-corrected chi connectivity index (χ3v) is 4.78. The van der Waals surface area contributed by atoms with Gasteiger partial charge >= 0.3 is 0 Å². The van der Waals surface area contributed by atoms with Crippen molar-refractivity contribution in [2.24, 2.45) is 0 Å². The SMILES string of the molecule is COc1ccc(CCC(=O)NCCN(C(C)=O)c2cc(C)ccc2C)cc1OC. The van der Waals surface area contributed by atoms with Crippen LogP contribution < -0.4 is 19.7 Å². The van der Waals surface area contributed by atoms with Crippen molar-refractivity contribution in [3.63, 3.8) is 0 Å². The Bertz CT molecular complexity index is 864. The molecular weight excluding hydrogens is 368 g/mol. The Hall–Kier alpha value is -3.02. The highest BCUT2D eigenvalue weighted by atomic mass is 16.5. The first-order chi connectivity index (χ1) is 13.8. The molecular formula is C23H30N2O4. The van der Waals surface area contributed by atoms with Crippen LogP contribution in [0.4, 0.5) is 5.69 Å². The summed E-state index contributed by atoms with van der Waals surface area (Å²) in [7, 11) is 3.18. The lowest BCUT2D eigenvalue weighted by Crippen LogP contribution is -2.38. The average molecular weight is 399 g/mol. The van der Waals surface area contributed by atoms with E-state index >= 15 is 0 Å². The molecule has 156 valence electrons. The molecule has 0 bridgehead atoms. The fourth-order valence-corrected chi connectivity index (χ4v) is 3.15. The lowest BCUT2D eigenvalue weighted by molar-refractivity contribution is -0.121. The van der Waals surface area contributed by atoms with Crippen LogP contribution in [0, 0.1) is 13.8 Å². The molecule has 6 nitrogen and oxygen atoms in total. The zero-order chi connectivity index (χ0) is 21.4. The van der Waals surface area contributed by atoms with E-state index in [2.05, 4.69) is 5.32 Å². The quantitative estimate of drug-likeness (QED) is 0.703. The number of aryl methyl sites for hydroxylation is 3. The van der Waals surface area contributed by atoms with Gasteiger partial charge in [-0.1, -0.05) is 18.2 Å². The average Bonchev–Trinajstić information content (AvgIpc) is 2.71. The van der Waals surface area contributed by atoms with E-state index in [-0.39, 0.29) is 11.8 Å². The molecule has 1 N–H and O–H groups in total. The molecule has 0 unspecified atom stereocenters. The van der Waals surface area contributed by atoms with E-state index in [1.54, 1.807) is 26.0 Å². The third-order valence-electron chi connectivity index (χ3n) is 4.78. The molecule has 0 spiro atoms. The number of ether oxygens (including phenoxy) is 2. The first kappa shape index (κ1) is 22.3. The molecule has 29 heavy (non-hydrogen) atoms. The lowest BCUT2D eigenvalue weighted by atomic mass is 10.1. The van der Waals surface area contributed by atoms with Gasteiger partial charge in [0, 0.05) is 32.1 Å². The van der Waals surface area contributed by atoms with Crippen LogP contribution in [0.25, 0.3) is 0 Å². The van der Waals surface area contributed by atoms with Gasteiger partial charge in [0.1, 0.15) is 0 Å². The van der Waals surface area contributed by atoms with Gasteiger partial charge in [-0.05, 0) is 55.2 Å². The minimum absolute atomic E-state index is 0.0433. The molecule has 6 heteroatoms. The molecule has 0 aliphatic heterocycles. The summed E-state index contributed by atoms with van der Waals surface area (Å²) in [6, 6.07) is 11.7. The molecule has 2 amide bonds. The largest absolute Gasteiger partial charge is 0.493 e. The first-order valence-corrected chi connectivity index (χ1v) is 9.68. The summed E-state index contributed by atoms with van der Waals surface area (Å²) in [6.07, 6.45) is 0.957. The van der Waals surface area contributed by atoms with Crippen LogP contribution in [-0.4, -0.2) is 39.1 Å². The van der Waals surface area contributed by atoms with Gasteiger partial charge in [0.05, 0.1) is 14.2 Å². The zero-order valence-corrected chi connectivity index (χ0v) is 17.9. The zero-order valence-electron chi connectivity index (χ0n) is 17.9. The Morgan fingerprint density at radius 3 is 2.38 bits per heavy atom. The normalized spacial score (nSPS) is 10.4. The standard InChI is InChI=1S/C23H30N2O4/c1-16-6-7-17(2)20(14-16)25(18(3)26)13-12-24-23(27)11-9-19-8-10-21(28-4)22(15-19)29-5/h6-8,10,14-15H,9,11-13H2,1-5H3,(H,24,27). The van der Waals surface area contributed by atoms with E-state index in [0.29, 0.717) is 37.4 Å². The van der Waals surface area contributed by atoms with Gasteiger partial charge < -0.3 is 19.7 Å². The number of anilines is 1. The molecule has 2 rings (SSSR count). The van der Waals surface area contributed by atoms with Crippen LogP contribution in [0.1, 0.15) is 30.0 Å². The highest BCUT2D eigenvalue weighted by Crippen LogP contribution is 2.28. The van der Waals surface area contributed by atoms with Crippen molar-refractivity contribution in [1.82, 2.24) is 5.32 Å². The molecule has 2 aromatic carbocycles. The number of amides is 2. The fraction of sp³-hybridized carbons (Fsp3) is 0.391. The summed E-state index contributed by atoms with van der Waals surface area (Å²) < 4.78 is 10.5. The van der Waals surface area contributed by atoms with E-state index < -0.39 is 0 Å². The first-order valence-electron chi connectivity index (χ1n) is 9.68. The maximum absolute atomic E-state index is 12.2. The molecule has 0 heterocycles. The van der Waals surface area contributed by atoms with Gasteiger partial charge in [0.15, 0.2) is 11.5 Å². The summed E-state index contributed by atoms with van der Waals surface area (Å²) in [5.74, 6) is 1.22. The van der Waals surface area contributed by atoms with Crippen molar-refractivity contribution in [2.75, 3.05) is 32.2 Å². The molecule has 0 atom stereocenters. The summed E-state index contributed by atoms with van der Waals surface area (Å²) >= 11 is 0. The Labute approximate surface area is 172 Å². The highest BCUT2D eigenvalue weighted by molar-refractivity contribution is 5.92. The van der Waals surface area contributed by atoms with Gasteiger partial charge in [0.2, 0.25) is 11.8 Å². The van der Waals surface area contributed by atoms with E-state index in [4.69, 9.17) is 9.47 Å². The number of methoxy groups -OCH3 is 2. The molecule has 0 aliphatic carbocycles. The van der Waals surface area contributed by atoms with Crippen molar-refractivity contribution >= 4 is 17.5 Å². The predicted octanol–water partition coefficient (Wildman–Crippen LogP) is 3.42. The second-order valence-corrected chi connectivity index (χ2v) is 7.00. The van der Waals surface area contributed by atoms with Gasteiger partial charge in [-0.25, -0.2) is 0 Å². The van der Waals surface area contributed by atoms with Gasteiger partial charge in [-0.2, -0.15) is 0 Å². The number of nitrogens with one attached hydrogen (secondary N) is 1. The van der Waals surface area contributed by atoms with Crippen molar-refractivity contribution in [3.8, 4) is 11.5 Å². The highest BCUT2D eigenvalue weighted by Gasteiger charge is 2.14. The monoisotopic (exact) mass is 398 g/mol. The molecule has 0 saturated carbocycles. The number of hydrogen-bond donors (Lipinski definition) is 1. The van der Waals surface area contributed by atoms with Crippen molar-refractivity contribution in [1.29, 1.82) is 0 Å². The lowest BCUT2D eigenvalue weighted by Gasteiger charge is -2.23. The molecule has 0 radical (unpaired) electrons. The van der Waals surface area contributed by atoms with E-state index in [1.165, 1.54) is 0 Å². The van der Waals surface area contributed by atoms with Crippen LogP contribution in [0.15, 0.2) is 36.4 Å². The molecule has 2 aromatic rings. The third kappa shape index (κ3) is 6.24. The summed E-state index contributed by atoms with van der Waals surface area (Å²) in [4.78, 5) is 26.0. The Kier molecular flexibility index (Phi) is 8.07. The number of carbonyl (C=O) groups excluding carboxylic acids is 2. The molecule has 0 saturated heterocycles. The van der Waals surface area contributed by atoms with Crippen LogP contribution in [-0.2, 0) is 16.0 Å². The van der Waals surface area contributed by atoms with Crippen LogP contribution in [0.3, 0.4) is 0 Å². The molecule has 0 fully saturated rings.